The lowest BCUT2D eigenvalue weighted by Crippen LogP contribution is -2.53. The summed E-state index contributed by atoms with van der Waals surface area (Å²) in [5.41, 5.74) is 1.95. The first-order chi connectivity index (χ1) is 14.5. The second kappa shape index (κ2) is 7.11. The number of rotatable bonds is 2. The molecule has 1 saturated heterocycles. The van der Waals surface area contributed by atoms with Gasteiger partial charge in [-0.2, -0.15) is 10.1 Å². The highest BCUT2D eigenvalue weighted by Gasteiger charge is 2.42. The predicted octanol–water partition coefficient (Wildman–Crippen LogP) is 3.44. The van der Waals surface area contributed by atoms with Crippen molar-refractivity contribution >= 4 is 17.3 Å². The molecule has 0 radical (unpaired) electrons. The van der Waals surface area contributed by atoms with Gasteiger partial charge >= 0.3 is 0 Å². The Bertz CT molecular complexity index is 1170. The number of aromatic nitrogens is 3. The number of hydrogen-bond donors (Lipinski definition) is 1. The Morgan fingerprint density at radius 2 is 1.87 bits per heavy atom. The molecule has 2 aromatic carbocycles. The molecule has 1 aromatic heterocycles. The summed E-state index contributed by atoms with van der Waals surface area (Å²) in [4.78, 5) is 19.8. The van der Waals surface area contributed by atoms with Crippen molar-refractivity contribution in [1.29, 1.82) is 0 Å². The van der Waals surface area contributed by atoms with Crippen LogP contribution in [0.25, 0.3) is 22.6 Å². The van der Waals surface area contributed by atoms with Gasteiger partial charge in [-0.15, -0.1) is 0 Å². The number of piperidine rings is 1. The van der Waals surface area contributed by atoms with Crippen LogP contribution < -0.4 is 15.6 Å². The summed E-state index contributed by atoms with van der Waals surface area (Å²) < 4.78 is 7.13. The first kappa shape index (κ1) is 19.1. The zero-order chi connectivity index (χ0) is 20.9. The van der Waals surface area contributed by atoms with Gasteiger partial charge in [-0.3, -0.25) is 4.79 Å². The van der Waals surface area contributed by atoms with Crippen LogP contribution in [0.15, 0.2) is 47.3 Å². The van der Waals surface area contributed by atoms with Crippen LogP contribution in [0.2, 0.25) is 5.02 Å². The predicted molar refractivity (Wildman–Crippen MR) is 117 cm³/mol. The van der Waals surface area contributed by atoms with E-state index in [1.54, 1.807) is 7.11 Å². The molecule has 1 N–H and O–H groups in total. The molecule has 0 bridgehead atoms. The van der Waals surface area contributed by atoms with Crippen LogP contribution in [0.1, 0.15) is 12.8 Å². The van der Waals surface area contributed by atoms with Crippen molar-refractivity contribution < 1.29 is 4.74 Å². The second-order valence-corrected chi connectivity index (χ2v) is 8.32. The molecule has 3 heterocycles. The van der Waals surface area contributed by atoms with Gasteiger partial charge in [0.2, 0.25) is 0 Å². The first-order valence-electron chi connectivity index (χ1n) is 9.92. The average molecular weight is 424 g/mol. The molecule has 8 heteroatoms. The number of halogens is 1. The maximum atomic E-state index is 13.0. The van der Waals surface area contributed by atoms with E-state index in [1.165, 1.54) is 0 Å². The molecule has 0 atom stereocenters. The largest absolute Gasteiger partial charge is 0.497 e. The van der Waals surface area contributed by atoms with Gasteiger partial charge in [-0.1, -0.05) is 11.6 Å². The van der Waals surface area contributed by atoms with Crippen molar-refractivity contribution in [1.82, 2.24) is 19.7 Å². The van der Waals surface area contributed by atoms with E-state index in [-0.39, 0.29) is 5.56 Å². The van der Waals surface area contributed by atoms with E-state index in [9.17, 15) is 4.79 Å². The summed E-state index contributed by atoms with van der Waals surface area (Å²) in [7, 11) is 3.73. The lowest BCUT2D eigenvalue weighted by Gasteiger charge is -2.46. The third kappa shape index (κ3) is 3.05. The number of likely N-dealkylation sites (tertiary alicyclic amines) is 1. The van der Waals surface area contributed by atoms with Crippen molar-refractivity contribution in [2.45, 2.75) is 18.5 Å². The van der Waals surface area contributed by atoms with Crippen LogP contribution in [-0.2, 0) is 5.66 Å². The molecule has 0 aliphatic carbocycles. The molecule has 7 nitrogen and oxygen atoms in total. The molecule has 0 unspecified atom stereocenters. The number of nitrogens with one attached hydrogen (secondary N) is 1. The number of benzene rings is 2. The van der Waals surface area contributed by atoms with Crippen molar-refractivity contribution in [3.8, 4) is 28.4 Å². The molecule has 3 aromatic rings. The minimum absolute atomic E-state index is 0.326. The Hall–Kier alpha value is -2.90. The Morgan fingerprint density at radius 3 is 2.57 bits per heavy atom. The van der Waals surface area contributed by atoms with E-state index in [1.807, 2.05) is 47.1 Å². The first-order valence-corrected chi connectivity index (χ1v) is 10.3. The minimum atomic E-state index is -0.440. The van der Waals surface area contributed by atoms with E-state index >= 15 is 0 Å². The third-order valence-corrected chi connectivity index (χ3v) is 6.22. The molecule has 0 saturated carbocycles. The quantitative estimate of drug-likeness (QED) is 0.680. The summed E-state index contributed by atoms with van der Waals surface area (Å²) in [6.45, 7) is 1.84. The van der Waals surface area contributed by atoms with Crippen LogP contribution in [-0.4, -0.2) is 46.9 Å². The maximum Gasteiger partial charge on any atom is 0.300 e. The summed E-state index contributed by atoms with van der Waals surface area (Å²) in [6, 6.07) is 12.9. The zero-order valence-electron chi connectivity index (χ0n) is 16.9. The SMILES string of the molecule is COc1ccc(-c2nn3c(nc2=O)-c2cc(Cl)ccc2NC32CCN(C)CC2)cc1. The number of methoxy groups -OCH3 is 1. The molecule has 1 fully saturated rings. The van der Waals surface area contributed by atoms with Crippen LogP contribution >= 0.6 is 11.6 Å². The summed E-state index contributed by atoms with van der Waals surface area (Å²) >= 11 is 6.25. The van der Waals surface area contributed by atoms with Crippen LogP contribution in [0.5, 0.6) is 5.75 Å². The molecule has 5 rings (SSSR count). The van der Waals surface area contributed by atoms with E-state index in [2.05, 4.69) is 22.2 Å². The van der Waals surface area contributed by atoms with Gasteiger partial charge in [0, 0.05) is 47.8 Å². The Kier molecular flexibility index (Phi) is 4.52. The van der Waals surface area contributed by atoms with E-state index in [0.717, 1.165) is 42.9 Å². The average Bonchev–Trinajstić information content (AvgIpc) is 2.76. The Labute approximate surface area is 179 Å². The second-order valence-electron chi connectivity index (χ2n) is 7.88. The molecule has 0 amide bonds. The summed E-state index contributed by atoms with van der Waals surface area (Å²) in [6.07, 6.45) is 1.69. The maximum absolute atomic E-state index is 13.0. The molecule has 30 heavy (non-hydrogen) atoms. The number of ether oxygens (including phenoxy) is 1. The van der Waals surface area contributed by atoms with Gasteiger partial charge in [-0.05, 0) is 49.5 Å². The van der Waals surface area contributed by atoms with Crippen LogP contribution in [0, 0.1) is 0 Å². The lowest BCUT2D eigenvalue weighted by molar-refractivity contribution is 0.137. The van der Waals surface area contributed by atoms with Gasteiger partial charge in [0.15, 0.2) is 11.5 Å². The van der Waals surface area contributed by atoms with Gasteiger partial charge in [0.05, 0.1) is 7.11 Å². The topological polar surface area (TPSA) is 72.3 Å². The highest BCUT2D eigenvalue weighted by molar-refractivity contribution is 6.31. The van der Waals surface area contributed by atoms with Gasteiger partial charge in [0.1, 0.15) is 11.4 Å². The fourth-order valence-electron chi connectivity index (χ4n) is 4.23. The molecule has 2 aliphatic rings. The highest BCUT2D eigenvalue weighted by atomic mass is 35.5. The lowest BCUT2D eigenvalue weighted by atomic mass is 9.93. The van der Waals surface area contributed by atoms with Crippen molar-refractivity contribution in [3.05, 3.63) is 57.8 Å². The zero-order valence-corrected chi connectivity index (χ0v) is 17.6. The number of hydrogen-bond acceptors (Lipinski definition) is 6. The number of fused-ring (bicyclic) bond motifs is 4. The van der Waals surface area contributed by atoms with E-state index in [4.69, 9.17) is 21.4 Å². The normalized spacial score (nSPS) is 17.2. The van der Waals surface area contributed by atoms with E-state index in [0.29, 0.717) is 22.1 Å². The molecular weight excluding hydrogens is 402 g/mol. The number of anilines is 1. The fraction of sp³-hybridized carbons (Fsp3) is 0.318. The monoisotopic (exact) mass is 423 g/mol. The van der Waals surface area contributed by atoms with Gasteiger partial charge < -0.3 is 15.0 Å². The van der Waals surface area contributed by atoms with Gasteiger partial charge in [-0.25, -0.2) is 4.68 Å². The summed E-state index contributed by atoms with van der Waals surface area (Å²) in [5.74, 6) is 1.28. The van der Waals surface area contributed by atoms with Gasteiger partial charge in [0.25, 0.3) is 5.56 Å². The van der Waals surface area contributed by atoms with E-state index < -0.39 is 5.66 Å². The summed E-state index contributed by atoms with van der Waals surface area (Å²) in [5, 5.41) is 9.12. The molecule has 2 aliphatic heterocycles. The molecule has 154 valence electrons. The highest BCUT2D eigenvalue weighted by Crippen LogP contribution is 2.42. The van der Waals surface area contributed by atoms with Crippen molar-refractivity contribution in [2.24, 2.45) is 0 Å². The van der Waals surface area contributed by atoms with Crippen LogP contribution in [0.4, 0.5) is 5.69 Å². The third-order valence-electron chi connectivity index (χ3n) is 5.98. The standard InChI is InChI=1S/C22H22ClN5O2/c1-27-11-9-22(10-12-27)25-18-8-5-15(23)13-17(18)20-24-21(29)19(26-28(20)22)14-3-6-16(30-2)7-4-14/h3-8,13,25H,9-12H2,1-2H3. The van der Waals surface area contributed by atoms with Crippen molar-refractivity contribution in [3.63, 3.8) is 0 Å². The number of nitrogens with zero attached hydrogens (tertiary/aromatic N) is 4. The van der Waals surface area contributed by atoms with Crippen molar-refractivity contribution in [2.75, 3.05) is 32.6 Å². The fourth-order valence-corrected chi connectivity index (χ4v) is 4.40. The Morgan fingerprint density at radius 1 is 1.13 bits per heavy atom. The van der Waals surface area contributed by atoms with Crippen LogP contribution in [0.3, 0.4) is 0 Å². The Balaban J connectivity index is 1.72. The minimum Gasteiger partial charge on any atom is -0.497 e. The molecule has 1 spiro atoms. The molecular formula is C22H22ClN5O2. The smallest absolute Gasteiger partial charge is 0.300 e.